The fourth-order valence-corrected chi connectivity index (χ4v) is 1.91. The van der Waals surface area contributed by atoms with E-state index in [-0.39, 0.29) is 29.0 Å². The summed E-state index contributed by atoms with van der Waals surface area (Å²) in [5.74, 6) is 0. The van der Waals surface area contributed by atoms with Gasteiger partial charge in [0.1, 0.15) is 0 Å². The normalized spacial score (nSPS) is 14.3. The van der Waals surface area contributed by atoms with Crippen LogP contribution >= 0.6 is 7.60 Å². The fourth-order valence-electron chi connectivity index (χ4n) is 0.866. The molecular weight excluding hydrogens is 283 g/mol. The van der Waals surface area contributed by atoms with E-state index >= 15 is 0 Å². The maximum Gasteiger partial charge on any atom is 0.358 e. The zero-order valence-corrected chi connectivity index (χ0v) is 9.48. The van der Waals surface area contributed by atoms with E-state index in [4.69, 9.17) is 4.52 Å². The van der Waals surface area contributed by atoms with Crippen LogP contribution in [0.1, 0.15) is 6.92 Å². The molecule has 77 valence electrons. The largest absolute Gasteiger partial charge is 0.358 e. The van der Waals surface area contributed by atoms with Gasteiger partial charge in [0.25, 0.3) is 0 Å². The van der Waals surface area contributed by atoms with Crippen molar-refractivity contribution in [3.05, 3.63) is 30.3 Å². The van der Waals surface area contributed by atoms with Crippen molar-refractivity contribution >= 4 is 12.9 Å². The third-order valence-electron chi connectivity index (χ3n) is 1.39. The summed E-state index contributed by atoms with van der Waals surface area (Å²) >= 11 is 0. The molecular formula is C8H11AgO3P. The fraction of sp³-hybridized carbons (Fsp3) is 0.250. The minimum atomic E-state index is -3.54. The molecule has 0 bridgehead atoms. The molecule has 0 aliphatic heterocycles. The van der Waals surface area contributed by atoms with E-state index in [1.54, 1.807) is 37.3 Å². The van der Waals surface area contributed by atoms with E-state index in [1.807, 2.05) is 0 Å². The third-order valence-corrected chi connectivity index (χ3v) is 2.95. The van der Waals surface area contributed by atoms with Gasteiger partial charge in [-0.05, 0) is 19.1 Å². The molecule has 1 atom stereocenters. The molecule has 0 saturated heterocycles. The van der Waals surface area contributed by atoms with Gasteiger partial charge in [0.15, 0.2) is 0 Å². The molecule has 0 spiro atoms. The predicted octanol–water partition coefficient (Wildman–Crippen LogP) is 1.53. The number of hydrogen-bond acceptors (Lipinski definition) is 2. The molecule has 1 N–H and O–H groups in total. The summed E-state index contributed by atoms with van der Waals surface area (Å²) in [4.78, 5) is 9.32. The van der Waals surface area contributed by atoms with Gasteiger partial charge in [0.05, 0.1) is 11.9 Å². The van der Waals surface area contributed by atoms with Crippen molar-refractivity contribution in [2.24, 2.45) is 0 Å². The maximum atomic E-state index is 11.3. The first-order chi connectivity index (χ1) is 5.67. The molecule has 1 radical (unpaired) electrons. The van der Waals surface area contributed by atoms with Gasteiger partial charge in [-0.1, -0.05) is 18.2 Å². The topological polar surface area (TPSA) is 46.5 Å². The predicted molar refractivity (Wildman–Crippen MR) is 47.5 cm³/mol. The summed E-state index contributed by atoms with van der Waals surface area (Å²) in [6.07, 6.45) is 0. The summed E-state index contributed by atoms with van der Waals surface area (Å²) in [5, 5.41) is 0.340. The first-order valence-electron chi connectivity index (χ1n) is 3.70. The van der Waals surface area contributed by atoms with E-state index < -0.39 is 7.60 Å². The zero-order chi connectivity index (χ0) is 9.03. The van der Waals surface area contributed by atoms with Crippen LogP contribution in [0.15, 0.2) is 30.3 Å². The molecule has 0 saturated carbocycles. The minimum absolute atomic E-state index is 0. The van der Waals surface area contributed by atoms with Crippen LogP contribution in [0, 0.1) is 0 Å². The van der Waals surface area contributed by atoms with Crippen LogP contribution in [-0.4, -0.2) is 11.5 Å². The van der Waals surface area contributed by atoms with Crippen LogP contribution in [-0.2, 0) is 31.5 Å². The van der Waals surface area contributed by atoms with Crippen molar-refractivity contribution in [3.8, 4) is 0 Å². The summed E-state index contributed by atoms with van der Waals surface area (Å²) in [6.45, 7) is 1.93. The Bertz CT molecular complexity index is 289. The van der Waals surface area contributed by atoms with E-state index in [0.717, 1.165) is 0 Å². The molecule has 0 aliphatic rings. The Hall–Kier alpha value is 0.110. The van der Waals surface area contributed by atoms with Crippen molar-refractivity contribution in [2.75, 3.05) is 6.61 Å². The van der Waals surface area contributed by atoms with Crippen molar-refractivity contribution < 1.29 is 36.4 Å². The van der Waals surface area contributed by atoms with Gasteiger partial charge < -0.3 is 9.42 Å². The Morgan fingerprint density at radius 3 is 2.38 bits per heavy atom. The first-order valence-corrected chi connectivity index (χ1v) is 5.27. The molecule has 0 amide bonds. The summed E-state index contributed by atoms with van der Waals surface area (Å²) in [6, 6.07) is 8.36. The van der Waals surface area contributed by atoms with Crippen molar-refractivity contribution in [2.45, 2.75) is 6.92 Å². The summed E-state index contributed by atoms with van der Waals surface area (Å²) < 4.78 is 16.1. The molecule has 5 heteroatoms. The van der Waals surface area contributed by atoms with Crippen molar-refractivity contribution in [1.82, 2.24) is 0 Å². The first kappa shape index (κ1) is 13.1. The smallest absolute Gasteiger partial charge is 0.321 e. The quantitative estimate of drug-likeness (QED) is 0.679. The average molecular weight is 294 g/mol. The molecule has 0 aliphatic carbocycles. The Kier molecular flexibility index (Phi) is 5.81. The number of benzene rings is 1. The van der Waals surface area contributed by atoms with E-state index in [9.17, 15) is 9.46 Å². The molecule has 0 aromatic heterocycles. The van der Waals surface area contributed by atoms with E-state index in [0.29, 0.717) is 5.30 Å². The SMILES string of the molecule is CCOP(=O)(O)c1ccccc1.[Ag]. The molecule has 0 fully saturated rings. The van der Waals surface area contributed by atoms with Crippen LogP contribution in [0.25, 0.3) is 0 Å². The second-order valence-electron chi connectivity index (χ2n) is 2.27. The van der Waals surface area contributed by atoms with Crippen LogP contribution < -0.4 is 5.30 Å². The zero-order valence-electron chi connectivity index (χ0n) is 7.11. The molecule has 1 aromatic rings. The van der Waals surface area contributed by atoms with E-state index in [2.05, 4.69) is 0 Å². The number of rotatable bonds is 3. The second-order valence-corrected chi connectivity index (χ2v) is 4.09. The van der Waals surface area contributed by atoms with Gasteiger partial charge in [-0.3, -0.25) is 4.57 Å². The van der Waals surface area contributed by atoms with Gasteiger partial charge >= 0.3 is 7.60 Å². The molecule has 13 heavy (non-hydrogen) atoms. The second kappa shape index (κ2) is 5.76. The van der Waals surface area contributed by atoms with Gasteiger partial charge in [0, 0.05) is 22.4 Å². The number of hydrogen-bond donors (Lipinski definition) is 1. The maximum absolute atomic E-state index is 11.3. The summed E-state index contributed by atoms with van der Waals surface area (Å²) in [5.41, 5.74) is 0. The van der Waals surface area contributed by atoms with Gasteiger partial charge in [0.2, 0.25) is 0 Å². The van der Waals surface area contributed by atoms with Crippen LogP contribution in [0.5, 0.6) is 0 Å². The Morgan fingerprint density at radius 2 is 1.92 bits per heavy atom. The Labute approximate surface area is 93.2 Å². The third kappa shape index (κ3) is 3.77. The van der Waals surface area contributed by atoms with Crippen LogP contribution in [0.4, 0.5) is 0 Å². The van der Waals surface area contributed by atoms with Gasteiger partial charge in [-0.2, -0.15) is 0 Å². The molecule has 1 aromatic carbocycles. The average Bonchev–Trinajstić information content (AvgIpc) is 2.06. The minimum Gasteiger partial charge on any atom is -0.321 e. The standard InChI is InChI=1S/C8H11O3P.Ag/c1-2-11-12(9,10)8-6-4-3-5-7-8;/h3-7H,2H2,1H3,(H,9,10);. The summed E-state index contributed by atoms with van der Waals surface area (Å²) in [7, 11) is -3.54. The Morgan fingerprint density at radius 1 is 1.38 bits per heavy atom. The van der Waals surface area contributed by atoms with E-state index in [1.165, 1.54) is 0 Å². The monoisotopic (exact) mass is 293 g/mol. The van der Waals surface area contributed by atoms with Gasteiger partial charge in [-0.25, -0.2) is 0 Å². The molecule has 3 nitrogen and oxygen atoms in total. The Balaban J connectivity index is 0.00000144. The molecule has 1 rings (SSSR count). The van der Waals surface area contributed by atoms with Crippen LogP contribution in [0.2, 0.25) is 0 Å². The van der Waals surface area contributed by atoms with Gasteiger partial charge in [-0.15, -0.1) is 0 Å². The molecule has 1 unspecified atom stereocenters. The van der Waals surface area contributed by atoms with Crippen molar-refractivity contribution in [1.29, 1.82) is 0 Å². The van der Waals surface area contributed by atoms with Crippen molar-refractivity contribution in [3.63, 3.8) is 0 Å². The van der Waals surface area contributed by atoms with Crippen LogP contribution in [0.3, 0.4) is 0 Å². The molecule has 0 heterocycles.